The van der Waals surface area contributed by atoms with E-state index in [0.717, 1.165) is 4.31 Å². The van der Waals surface area contributed by atoms with Gasteiger partial charge in [-0.2, -0.15) is 9.57 Å². The third kappa shape index (κ3) is 4.05. The number of hydrogen-bond donors (Lipinski definition) is 1. The maximum atomic E-state index is 12.1. The zero-order chi connectivity index (χ0) is 14.5. The Morgan fingerprint density at radius 2 is 2.05 bits per heavy atom. The van der Waals surface area contributed by atoms with E-state index >= 15 is 0 Å². The van der Waals surface area contributed by atoms with Crippen molar-refractivity contribution in [2.75, 3.05) is 20.6 Å². The van der Waals surface area contributed by atoms with Crippen molar-refractivity contribution >= 4 is 15.9 Å². The minimum Gasteiger partial charge on any atom is -0.358 e. The monoisotopic (exact) mass is 281 g/mol. The van der Waals surface area contributed by atoms with Crippen LogP contribution in [0, 0.1) is 11.3 Å². The van der Waals surface area contributed by atoms with Crippen molar-refractivity contribution in [3.63, 3.8) is 0 Å². The van der Waals surface area contributed by atoms with Gasteiger partial charge in [-0.25, -0.2) is 8.42 Å². The first-order chi connectivity index (χ1) is 8.90. The van der Waals surface area contributed by atoms with E-state index in [4.69, 9.17) is 5.26 Å². The molecule has 19 heavy (non-hydrogen) atoms. The summed E-state index contributed by atoms with van der Waals surface area (Å²) in [5.74, 6) is -0.691. The molecule has 7 heteroatoms. The number of amides is 1. The molecule has 0 aromatic heterocycles. The molecule has 0 atom stereocenters. The minimum absolute atomic E-state index is 0.243. The van der Waals surface area contributed by atoms with Crippen LogP contribution in [-0.4, -0.2) is 39.3 Å². The topological polar surface area (TPSA) is 90.3 Å². The molecule has 1 N–H and O–H groups in total. The zero-order valence-corrected chi connectivity index (χ0v) is 11.6. The fourth-order valence-corrected chi connectivity index (χ4v) is 2.62. The first-order valence-electron chi connectivity index (χ1n) is 5.53. The highest BCUT2D eigenvalue weighted by Gasteiger charge is 2.21. The van der Waals surface area contributed by atoms with Gasteiger partial charge in [-0.15, -0.1) is 0 Å². The summed E-state index contributed by atoms with van der Waals surface area (Å²) in [6, 6.07) is 8.43. The zero-order valence-electron chi connectivity index (χ0n) is 10.8. The number of nitrogens with one attached hydrogen (secondary N) is 1. The average molecular weight is 281 g/mol. The second kappa shape index (κ2) is 6.31. The Morgan fingerprint density at radius 3 is 2.63 bits per heavy atom. The summed E-state index contributed by atoms with van der Waals surface area (Å²) in [5.41, 5.74) is 0.744. The Balaban J connectivity index is 2.91. The third-order valence-electron chi connectivity index (χ3n) is 2.60. The van der Waals surface area contributed by atoms with Gasteiger partial charge in [-0.3, -0.25) is 4.79 Å². The summed E-state index contributed by atoms with van der Waals surface area (Å²) in [4.78, 5) is 11.2. The minimum atomic E-state index is -3.63. The first-order valence-corrected chi connectivity index (χ1v) is 7.14. The highest BCUT2D eigenvalue weighted by molar-refractivity contribution is 7.88. The highest BCUT2D eigenvalue weighted by atomic mass is 32.2. The smallest absolute Gasteiger partial charge is 0.235 e. The molecule has 102 valence electrons. The molecule has 0 aliphatic rings. The van der Waals surface area contributed by atoms with E-state index < -0.39 is 10.0 Å². The SMILES string of the molecule is CNC(=O)CN(C)S(=O)(=O)Cc1ccccc1C#N. The molecule has 0 fully saturated rings. The van der Waals surface area contributed by atoms with Crippen LogP contribution in [-0.2, 0) is 20.6 Å². The van der Waals surface area contributed by atoms with Crippen molar-refractivity contribution in [2.24, 2.45) is 0 Å². The van der Waals surface area contributed by atoms with Crippen LogP contribution in [0.3, 0.4) is 0 Å². The quantitative estimate of drug-likeness (QED) is 0.826. The van der Waals surface area contributed by atoms with E-state index in [0.29, 0.717) is 11.1 Å². The fraction of sp³-hybridized carbons (Fsp3) is 0.333. The molecule has 1 aromatic carbocycles. The standard InChI is InChI=1S/C12H15N3O3S/c1-14-12(16)8-15(2)19(17,18)9-11-6-4-3-5-10(11)7-13/h3-6H,8-9H2,1-2H3,(H,14,16). The normalized spacial score (nSPS) is 11.1. The number of rotatable bonds is 5. The Morgan fingerprint density at radius 1 is 1.42 bits per heavy atom. The number of nitriles is 1. The molecule has 0 bridgehead atoms. The lowest BCUT2D eigenvalue weighted by Crippen LogP contribution is -2.37. The molecule has 0 saturated carbocycles. The van der Waals surface area contributed by atoms with Crippen LogP contribution in [0.2, 0.25) is 0 Å². The number of hydrogen-bond acceptors (Lipinski definition) is 4. The van der Waals surface area contributed by atoms with Crippen LogP contribution in [0.15, 0.2) is 24.3 Å². The summed E-state index contributed by atoms with van der Waals surface area (Å²) in [5, 5.41) is 11.3. The van der Waals surface area contributed by atoms with E-state index in [-0.39, 0.29) is 18.2 Å². The van der Waals surface area contributed by atoms with Crippen LogP contribution in [0.4, 0.5) is 0 Å². The van der Waals surface area contributed by atoms with Gasteiger partial charge in [0.05, 0.1) is 23.9 Å². The van der Waals surface area contributed by atoms with Crippen LogP contribution in [0.1, 0.15) is 11.1 Å². The molecular formula is C12H15N3O3S. The highest BCUT2D eigenvalue weighted by Crippen LogP contribution is 2.13. The Kier molecular flexibility index (Phi) is 5.03. The van der Waals surface area contributed by atoms with E-state index in [1.54, 1.807) is 24.3 Å². The van der Waals surface area contributed by atoms with Gasteiger partial charge in [0, 0.05) is 14.1 Å². The summed E-state index contributed by atoms with van der Waals surface area (Å²) in [7, 11) is -0.859. The third-order valence-corrected chi connectivity index (χ3v) is 4.35. The van der Waals surface area contributed by atoms with E-state index in [1.165, 1.54) is 14.1 Å². The van der Waals surface area contributed by atoms with Crippen molar-refractivity contribution < 1.29 is 13.2 Å². The van der Waals surface area contributed by atoms with Gasteiger partial charge in [0.1, 0.15) is 0 Å². The van der Waals surface area contributed by atoms with Gasteiger partial charge >= 0.3 is 0 Å². The summed E-state index contributed by atoms with van der Waals surface area (Å²) in [6.45, 7) is -0.243. The average Bonchev–Trinajstić information content (AvgIpc) is 2.38. The van der Waals surface area contributed by atoms with Gasteiger partial charge < -0.3 is 5.32 Å². The molecule has 0 radical (unpaired) electrons. The summed E-state index contributed by atoms with van der Waals surface area (Å²) in [6.07, 6.45) is 0. The van der Waals surface area contributed by atoms with Crippen molar-refractivity contribution in [1.82, 2.24) is 9.62 Å². The number of carbonyl (C=O) groups is 1. The van der Waals surface area contributed by atoms with Gasteiger partial charge in [0.25, 0.3) is 0 Å². The van der Waals surface area contributed by atoms with Gasteiger partial charge in [0.2, 0.25) is 15.9 Å². The molecule has 0 spiro atoms. The molecule has 0 unspecified atom stereocenters. The predicted octanol–water partition coefficient (Wildman–Crippen LogP) is 0.0659. The van der Waals surface area contributed by atoms with Gasteiger partial charge in [0.15, 0.2) is 0 Å². The largest absolute Gasteiger partial charge is 0.358 e. The number of likely N-dealkylation sites (N-methyl/N-ethyl adjacent to an activating group) is 2. The lowest BCUT2D eigenvalue weighted by atomic mass is 10.1. The maximum absolute atomic E-state index is 12.1. The van der Waals surface area contributed by atoms with Crippen molar-refractivity contribution in [2.45, 2.75) is 5.75 Å². The number of nitrogens with zero attached hydrogens (tertiary/aromatic N) is 2. The first kappa shape index (κ1) is 15.1. The second-order valence-corrected chi connectivity index (χ2v) is 6.03. The maximum Gasteiger partial charge on any atom is 0.235 e. The molecule has 0 aliphatic carbocycles. The molecule has 6 nitrogen and oxygen atoms in total. The molecule has 0 aliphatic heterocycles. The Hall–Kier alpha value is -1.91. The van der Waals surface area contributed by atoms with Gasteiger partial charge in [-0.05, 0) is 11.6 Å². The van der Waals surface area contributed by atoms with Crippen LogP contribution >= 0.6 is 0 Å². The fourth-order valence-electron chi connectivity index (χ4n) is 1.44. The Bertz CT molecular complexity index is 605. The van der Waals surface area contributed by atoms with E-state index in [1.807, 2.05) is 6.07 Å². The van der Waals surface area contributed by atoms with Crippen molar-refractivity contribution in [3.05, 3.63) is 35.4 Å². The molecular weight excluding hydrogens is 266 g/mol. The summed E-state index contributed by atoms with van der Waals surface area (Å²) >= 11 is 0. The predicted molar refractivity (Wildman–Crippen MR) is 70.5 cm³/mol. The molecule has 1 aromatic rings. The van der Waals surface area contributed by atoms with E-state index in [2.05, 4.69) is 5.32 Å². The van der Waals surface area contributed by atoms with Crippen LogP contribution in [0.5, 0.6) is 0 Å². The van der Waals surface area contributed by atoms with E-state index in [9.17, 15) is 13.2 Å². The Labute approximate surface area is 112 Å². The van der Waals surface area contributed by atoms with Crippen molar-refractivity contribution in [3.8, 4) is 6.07 Å². The lowest BCUT2D eigenvalue weighted by molar-refractivity contribution is -0.120. The summed E-state index contributed by atoms with van der Waals surface area (Å²) < 4.78 is 25.1. The number of carbonyl (C=O) groups excluding carboxylic acids is 1. The second-order valence-electron chi connectivity index (χ2n) is 3.95. The number of sulfonamides is 1. The number of benzene rings is 1. The van der Waals surface area contributed by atoms with Gasteiger partial charge in [-0.1, -0.05) is 18.2 Å². The molecule has 1 rings (SSSR count). The molecule has 0 saturated heterocycles. The van der Waals surface area contributed by atoms with Crippen LogP contribution < -0.4 is 5.32 Å². The molecule has 0 heterocycles. The lowest BCUT2D eigenvalue weighted by Gasteiger charge is -2.16. The molecule has 1 amide bonds. The van der Waals surface area contributed by atoms with Crippen LogP contribution in [0.25, 0.3) is 0 Å². The van der Waals surface area contributed by atoms with Crippen molar-refractivity contribution in [1.29, 1.82) is 5.26 Å².